The molecule has 0 bridgehead atoms. The Bertz CT molecular complexity index is 312. The number of unbranched alkanes of at least 4 members (excludes halogenated alkanes) is 1. The average molecular weight is 288 g/mol. The third kappa shape index (κ3) is 10.6. The molecule has 0 saturated heterocycles. The summed E-state index contributed by atoms with van der Waals surface area (Å²) in [6.45, 7) is 17.1. The van der Waals surface area contributed by atoms with Crippen molar-refractivity contribution < 1.29 is 9.16 Å². The van der Waals surface area contributed by atoms with Crippen molar-refractivity contribution in [3.8, 4) is 0 Å². The van der Waals surface area contributed by atoms with Crippen molar-refractivity contribution in [2.24, 2.45) is 4.66 Å². The van der Waals surface area contributed by atoms with Crippen LogP contribution in [0.2, 0.25) is 39.3 Å². The maximum Gasteiger partial charge on any atom is 0.267 e. The van der Waals surface area contributed by atoms with Gasteiger partial charge in [-0.2, -0.15) is 0 Å². The summed E-state index contributed by atoms with van der Waals surface area (Å²) in [5, 5.41) is 0. The molecule has 0 aliphatic carbocycles. The van der Waals surface area contributed by atoms with E-state index in [9.17, 15) is 0 Å². The molecule has 0 aliphatic heterocycles. The van der Waals surface area contributed by atoms with Gasteiger partial charge in [0.25, 0.3) is 5.95 Å². The second-order valence-electron chi connectivity index (χ2n) is 6.43. The number of ether oxygens (including phenoxy) is 1. The smallest absolute Gasteiger partial charge is 0.267 e. The molecule has 0 heterocycles. The molecule has 3 nitrogen and oxygen atoms in total. The molecule has 0 saturated carbocycles. The molecule has 0 amide bonds. The molecule has 0 aromatic carbocycles. The summed E-state index contributed by atoms with van der Waals surface area (Å²) < 4.78 is 16.3. The minimum atomic E-state index is -1.63. The van der Waals surface area contributed by atoms with E-state index in [1.807, 2.05) is 13.0 Å². The predicted molar refractivity (Wildman–Crippen MR) is 85.0 cm³/mol. The Morgan fingerprint density at radius 3 is 2.06 bits per heavy atom. The summed E-state index contributed by atoms with van der Waals surface area (Å²) in [5.41, 5.74) is 0. The van der Waals surface area contributed by atoms with Gasteiger partial charge in [0.05, 0.1) is 0 Å². The number of hydrogen-bond donors (Lipinski definition) is 0. The quantitative estimate of drug-likeness (QED) is 0.305. The molecular weight excluding hydrogens is 258 g/mol. The zero-order valence-electron chi connectivity index (χ0n) is 13.3. The first-order valence-electron chi connectivity index (χ1n) is 6.67. The van der Waals surface area contributed by atoms with Gasteiger partial charge in [-0.3, -0.25) is 4.66 Å². The van der Waals surface area contributed by atoms with Crippen molar-refractivity contribution >= 4 is 22.5 Å². The van der Waals surface area contributed by atoms with Crippen LogP contribution < -0.4 is 0 Å². The van der Waals surface area contributed by atoms with E-state index in [0.29, 0.717) is 5.95 Å². The van der Waals surface area contributed by atoms with Crippen LogP contribution in [0.1, 0.15) is 26.7 Å². The highest BCUT2D eigenvalue weighted by atomic mass is 28.4. The molecule has 0 N–H and O–H groups in total. The lowest BCUT2D eigenvalue weighted by Crippen LogP contribution is -2.27. The van der Waals surface area contributed by atoms with Crippen molar-refractivity contribution in [3.63, 3.8) is 0 Å². The molecule has 5 heteroatoms. The van der Waals surface area contributed by atoms with E-state index in [4.69, 9.17) is 9.16 Å². The van der Waals surface area contributed by atoms with Crippen LogP contribution in [0, 0.1) is 0 Å². The van der Waals surface area contributed by atoms with E-state index >= 15 is 0 Å². The topological polar surface area (TPSA) is 30.8 Å². The van der Waals surface area contributed by atoms with Crippen LogP contribution in [0.5, 0.6) is 0 Å². The fraction of sp³-hybridized carbons (Fsp3) is 0.769. The third-order valence-corrected chi connectivity index (χ3v) is 3.55. The number of rotatable bonds is 6. The molecule has 0 fully saturated rings. The lowest BCUT2D eigenvalue weighted by Gasteiger charge is -2.22. The van der Waals surface area contributed by atoms with Crippen LogP contribution >= 0.6 is 0 Å². The molecule has 0 aliphatic rings. The van der Waals surface area contributed by atoms with Crippen molar-refractivity contribution in [3.05, 3.63) is 12.0 Å². The molecule has 0 aromatic rings. The molecule has 0 spiro atoms. The van der Waals surface area contributed by atoms with Gasteiger partial charge in [-0.1, -0.05) is 13.3 Å². The molecule has 0 aromatic heterocycles. The first-order valence-corrected chi connectivity index (χ1v) is 13.5. The second-order valence-corrected chi connectivity index (χ2v) is 15.4. The van der Waals surface area contributed by atoms with E-state index < -0.39 is 16.6 Å². The molecule has 0 unspecified atom stereocenters. The Labute approximate surface area is 115 Å². The fourth-order valence-corrected chi connectivity index (χ4v) is 3.03. The monoisotopic (exact) mass is 287 g/mol. The van der Waals surface area contributed by atoms with E-state index in [-0.39, 0.29) is 0 Å². The fourth-order valence-electron chi connectivity index (χ4n) is 1.31. The molecule has 0 rings (SSSR count). The maximum absolute atomic E-state index is 5.94. The highest BCUT2D eigenvalue weighted by molar-refractivity contribution is 6.75. The van der Waals surface area contributed by atoms with Gasteiger partial charge in [0.1, 0.15) is 0 Å². The van der Waals surface area contributed by atoms with Crippen molar-refractivity contribution in [2.75, 3.05) is 0 Å². The standard InChI is InChI=1S/C13H29NO2Si2/c1-9-10-11-13(16-18(6,7)8)15-12(2)14-17(3,4)5/h11H,9-10H2,1-8H3/b13-11-,14-12+. The largest absolute Gasteiger partial charge is 0.520 e. The zero-order valence-corrected chi connectivity index (χ0v) is 15.3. The molecular formula is C13H29NO2Si2. The van der Waals surface area contributed by atoms with Crippen LogP contribution in [0.15, 0.2) is 16.7 Å². The summed E-state index contributed by atoms with van der Waals surface area (Å²) >= 11 is 0. The van der Waals surface area contributed by atoms with Crippen LogP contribution in [-0.2, 0) is 9.16 Å². The van der Waals surface area contributed by atoms with E-state index in [1.165, 1.54) is 0 Å². The summed E-state index contributed by atoms with van der Waals surface area (Å²) in [6.07, 6.45) is 4.09. The van der Waals surface area contributed by atoms with Gasteiger partial charge >= 0.3 is 0 Å². The molecule has 0 atom stereocenters. The lowest BCUT2D eigenvalue weighted by atomic mass is 10.3. The van der Waals surface area contributed by atoms with Crippen LogP contribution in [0.25, 0.3) is 0 Å². The minimum absolute atomic E-state index is 0.635. The Kier molecular flexibility index (Phi) is 6.92. The van der Waals surface area contributed by atoms with Crippen molar-refractivity contribution in [1.82, 2.24) is 0 Å². The summed E-state index contributed by atoms with van der Waals surface area (Å²) in [6, 6.07) is 0. The van der Waals surface area contributed by atoms with Gasteiger partial charge in [-0.25, -0.2) is 0 Å². The van der Waals surface area contributed by atoms with E-state index in [1.54, 1.807) is 0 Å². The highest BCUT2D eigenvalue weighted by Crippen LogP contribution is 2.14. The predicted octanol–water partition coefficient (Wildman–Crippen LogP) is 4.75. The van der Waals surface area contributed by atoms with Gasteiger partial charge in [-0.05, 0) is 51.8 Å². The lowest BCUT2D eigenvalue weighted by molar-refractivity contribution is 0.209. The van der Waals surface area contributed by atoms with E-state index in [0.717, 1.165) is 18.7 Å². The van der Waals surface area contributed by atoms with E-state index in [2.05, 4.69) is 50.9 Å². The maximum atomic E-state index is 5.94. The zero-order chi connectivity index (χ0) is 14.4. The van der Waals surface area contributed by atoms with Crippen molar-refractivity contribution in [1.29, 1.82) is 0 Å². The summed E-state index contributed by atoms with van der Waals surface area (Å²) in [5.74, 6) is 1.35. The van der Waals surface area contributed by atoms with Crippen LogP contribution in [0.3, 0.4) is 0 Å². The second kappa shape index (κ2) is 7.14. The van der Waals surface area contributed by atoms with Gasteiger partial charge in [0.15, 0.2) is 14.1 Å². The normalized spacial score (nSPS) is 14.7. The first-order chi connectivity index (χ1) is 8.03. The SMILES string of the molecule is CCC/C=C(/O/C(C)=N/[Si](C)(C)C)O[Si](C)(C)C. The third-order valence-electron chi connectivity index (χ3n) is 1.75. The van der Waals surface area contributed by atoms with Crippen LogP contribution in [0.4, 0.5) is 0 Å². The Balaban J connectivity index is 4.75. The molecule has 0 radical (unpaired) electrons. The highest BCUT2D eigenvalue weighted by Gasteiger charge is 2.20. The van der Waals surface area contributed by atoms with Crippen molar-refractivity contribution in [2.45, 2.75) is 66.0 Å². The number of hydrogen-bond acceptors (Lipinski definition) is 3. The molecule has 18 heavy (non-hydrogen) atoms. The Morgan fingerprint density at radius 1 is 1.11 bits per heavy atom. The van der Waals surface area contributed by atoms with Gasteiger partial charge in [-0.15, -0.1) is 0 Å². The Morgan fingerprint density at radius 2 is 1.67 bits per heavy atom. The number of allylic oxidation sites excluding steroid dienone is 1. The van der Waals surface area contributed by atoms with Gasteiger partial charge in [0.2, 0.25) is 8.32 Å². The summed E-state index contributed by atoms with van der Waals surface area (Å²) in [7, 11) is -3.12. The van der Waals surface area contributed by atoms with Gasteiger partial charge < -0.3 is 9.16 Å². The Hall–Kier alpha value is -0.556. The minimum Gasteiger partial charge on any atom is -0.520 e. The molecule has 106 valence electrons. The summed E-state index contributed by atoms with van der Waals surface area (Å²) in [4.78, 5) is 0. The number of nitrogens with zero attached hydrogens (tertiary/aromatic N) is 1. The first kappa shape index (κ1) is 17.4. The van der Waals surface area contributed by atoms with Gasteiger partial charge in [0, 0.05) is 6.92 Å². The van der Waals surface area contributed by atoms with Crippen LogP contribution in [-0.4, -0.2) is 22.5 Å². The average Bonchev–Trinajstić information content (AvgIpc) is 2.08.